The Hall–Kier alpha value is -0.0800. The first-order valence-electron chi connectivity index (χ1n) is 9.32. The molecule has 0 aromatic carbocycles. The van der Waals surface area contributed by atoms with E-state index in [9.17, 15) is 0 Å². The lowest BCUT2D eigenvalue weighted by molar-refractivity contribution is 0.414. The minimum Gasteiger partial charge on any atom is -0.0992 e. The summed E-state index contributed by atoms with van der Waals surface area (Å²) in [6, 6.07) is 0. The van der Waals surface area contributed by atoms with Crippen molar-refractivity contribution in [2.24, 2.45) is 35.5 Å². The molecule has 0 amide bonds. The summed E-state index contributed by atoms with van der Waals surface area (Å²) in [5.74, 6) is 5.22. The Kier molecular flexibility index (Phi) is 4.28. The molecule has 22 heavy (non-hydrogen) atoms. The number of rotatable bonds is 6. The summed E-state index contributed by atoms with van der Waals surface area (Å²) in [4.78, 5) is 2.60. The van der Waals surface area contributed by atoms with E-state index in [0.29, 0.717) is 0 Å². The Bertz CT molecular complexity index is 462. The molecule has 4 saturated carbocycles. The maximum atomic E-state index is 5.79. The Morgan fingerprint density at radius 3 is 1.50 bits per heavy atom. The molecular weight excluding hydrogens is 304 g/mol. The average Bonchev–Trinajstić information content (AvgIpc) is 3.26. The normalized spacial score (nSPS) is 42.0. The van der Waals surface area contributed by atoms with Gasteiger partial charge in [0, 0.05) is 22.6 Å². The van der Waals surface area contributed by atoms with Gasteiger partial charge in [-0.3, -0.25) is 0 Å². The lowest BCUT2D eigenvalue weighted by atomic mass is 9.82. The fourth-order valence-electron chi connectivity index (χ4n) is 6.10. The second-order valence-electron chi connectivity index (χ2n) is 8.60. The summed E-state index contributed by atoms with van der Waals surface area (Å²) in [6.45, 7) is 4.33. The molecule has 0 aromatic heterocycles. The van der Waals surface area contributed by atoms with Crippen LogP contribution < -0.4 is 0 Å². The summed E-state index contributed by atoms with van der Waals surface area (Å²) < 4.78 is 0. The molecule has 6 unspecified atom stereocenters. The van der Waals surface area contributed by atoms with Gasteiger partial charge >= 0.3 is 0 Å². The van der Waals surface area contributed by atoms with Gasteiger partial charge in [0.2, 0.25) is 0 Å². The highest BCUT2D eigenvalue weighted by molar-refractivity contribution is 7.80. The predicted octanol–water partition coefficient (Wildman–Crippen LogP) is 5.94. The highest BCUT2D eigenvalue weighted by Crippen LogP contribution is 2.50. The topological polar surface area (TPSA) is 0 Å². The molecule has 0 N–H and O–H groups in total. The van der Waals surface area contributed by atoms with Gasteiger partial charge in [-0.05, 0) is 74.0 Å². The number of hydrogen-bond acceptors (Lipinski definition) is 2. The van der Waals surface area contributed by atoms with E-state index in [0.717, 1.165) is 48.3 Å². The van der Waals surface area contributed by atoms with Crippen molar-refractivity contribution in [3.63, 3.8) is 0 Å². The smallest absolute Gasteiger partial charge is 0.000266 e. The molecule has 0 radical (unpaired) electrons. The van der Waals surface area contributed by atoms with Crippen LogP contribution in [0.2, 0.25) is 0 Å². The molecule has 4 fully saturated rings. The summed E-state index contributed by atoms with van der Waals surface area (Å²) in [6.07, 6.45) is 13.3. The van der Waals surface area contributed by atoms with Crippen molar-refractivity contribution in [3.8, 4) is 0 Å². The summed E-state index contributed by atoms with van der Waals surface area (Å²) >= 11 is 11.6. The zero-order valence-electron chi connectivity index (χ0n) is 13.6. The van der Waals surface area contributed by atoms with E-state index in [1.165, 1.54) is 66.7 Å². The number of thiocarbonyl (C=S) groups is 2. The molecule has 4 rings (SSSR count). The molecule has 0 nitrogen and oxygen atoms in total. The maximum absolute atomic E-state index is 5.79. The first-order valence-corrected chi connectivity index (χ1v) is 10.1. The van der Waals surface area contributed by atoms with Crippen LogP contribution in [0.3, 0.4) is 0 Å². The minimum atomic E-state index is 0.724. The fourth-order valence-corrected chi connectivity index (χ4v) is 7.08. The van der Waals surface area contributed by atoms with Crippen LogP contribution in [0.4, 0.5) is 0 Å². The van der Waals surface area contributed by atoms with Crippen molar-refractivity contribution < 1.29 is 0 Å². The summed E-state index contributed by atoms with van der Waals surface area (Å²) in [5, 5.41) is 0. The maximum Gasteiger partial charge on any atom is 0.000266 e. The quantitative estimate of drug-likeness (QED) is 0.436. The Morgan fingerprint density at radius 2 is 1.18 bits per heavy atom. The molecule has 4 aliphatic rings. The van der Waals surface area contributed by atoms with Crippen LogP contribution in [0.25, 0.3) is 0 Å². The van der Waals surface area contributed by atoms with E-state index in [1.807, 2.05) is 0 Å². The van der Waals surface area contributed by atoms with Gasteiger partial charge in [-0.25, -0.2) is 0 Å². The molecular formula is C20H28S2. The molecule has 120 valence electrons. The second kappa shape index (κ2) is 6.09. The van der Waals surface area contributed by atoms with Crippen LogP contribution in [0, 0.1) is 35.5 Å². The monoisotopic (exact) mass is 332 g/mol. The van der Waals surface area contributed by atoms with Crippen molar-refractivity contribution in [1.29, 1.82) is 0 Å². The first-order chi connectivity index (χ1) is 10.6. The molecule has 6 atom stereocenters. The van der Waals surface area contributed by atoms with Gasteiger partial charge in [-0.1, -0.05) is 49.4 Å². The number of hydrogen-bond donors (Lipinski definition) is 0. The standard InChI is InChI=1S/C20H28S2/c1-12(6-19(21)17-10-13-2-4-15(17)8-13)7-20(22)18-11-14-3-5-16(18)9-14/h13-18H,1-11H2. The van der Waals surface area contributed by atoms with Gasteiger partial charge in [-0.2, -0.15) is 0 Å². The van der Waals surface area contributed by atoms with Gasteiger partial charge in [-0.15, -0.1) is 0 Å². The summed E-state index contributed by atoms with van der Waals surface area (Å²) in [7, 11) is 0. The largest absolute Gasteiger partial charge is 0.0992 e. The molecule has 0 saturated heterocycles. The number of fused-ring (bicyclic) bond motifs is 4. The third-order valence-electron chi connectivity index (χ3n) is 7.15. The van der Waals surface area contributed by atoms with Crippen molar-refractivity contribution >= 4 is 34.2 Å². The van der Waals surface area contributed by atoms with E-state index < -0.39 is 0 Å². The van der Waals surface area contributed by atoms with E-state index in [-0.39, 0.29) is 0 Å². The van der Waals surface area contributed by atoms with Gasteiger partial charge in [0.25, 0.3) is 0 Å². The Labute approximate surface area is 146 Å². The van der Waals surface area contributed by atoms with Crippen LogP contribution in [0.1, 0.15) is 64.2 Å². The fraction of sp³-hybridized carbons (Fsp3) is 0.800. The summed E-state index contributed by atoms with van der Waals surface area (Å²) in [5.41, 5.74) is 1.29. The van der Waals surface area contributed by atoms with Crippen LogP contribution in [0.5, 0.6) is 0 Å². The highest BCUT2D eigenvalue weighted by atomic mass is 32.1. The Balaban J connectivity index is 1.27. The van der Waals surface area contributed by atoms with Crippen molar-refractivity contribution in [2.45, 2.75) is 64.2 Å². The highest BCUT2D eigenvalue weighted by Gasteiger charge is 2.42. The zero-order chi connectivity index (χ0) is 15.3. The third kappa shape index (κ3) is 2.86. The molecule has 0 spiro atoms. The lowest BCUT2D eigenvalue weighted by Gasteiger charge is -2.25. The van der Waals surface area contributed by atoms with E-state index in [4.69, 9.17) is 24.4 Å². The molecule has 4 bridgehead atoms. The molecule has 0 heterocycles. The van der Waals surface area contributed by atoms with E-state index in [2.05, 4.69) is 6.58 Å². The van der Waals surface area contributed by atoms with Gasteiger partial charge in [0.1, 0.15) is 0 Å². The van der Waals surface area contributed by atoms with Crippen LogP contribution in [0.15, 0.2) is 12.2 Å². The third-order valence-corrected chi connectivity index (χ3v) is 8.05. The zero-order valence-corrected chi connectivity index (χ0v) is 15.2. The van der Waals surface area contributed by atoms with Crippen LogP contribution in [-0.4, -0.2) is 9.73 Å². The van der Waals surface area contributed by atoms with Gasteiger partial charge in [0.05, 0.1) is 0 Å². The predicted molar refractivity (Wildman–Crippen MR) is 101 cm³/mol. The van der Waals surface area contributed by atoms with Crippen molar-refractivity contribution in [2.75, 3.05) is 0 Å². The lowest BCUT2D eigenvalue weighted by Crippen LogP contribution is -2.22. The molecule has 4 aliphatic carbocycles. The first kappa shape index (κ1) is 15.4. The second-order valence-corrected chi connectivity index (χ2v) is 9.65. The van der Waals surface area contributed by atoms with Crippen molar-refractivity contribution in [1.82, 2.24) is 0 Å². The van der Waals surface area contributed by atoms with Crippen molar-refractivity contribution in [3.05, 3.63) is 12.2 Å². The van der Waals surface area contributed by atoms with Gasteiger partial charge < -0.3 is 0 Å². The Morgan fingerprint density at radius 1 is 0.727 bits per heavy atom. The van der Waals surface area contributed by atoms with Crippen LogP contribution >= 0.6 is 24.4 Å². The molecule has 0 aromatic rings. The van der Waals surface area contributed by atoms with Crippen LogP contribution in [-0.2, 0) is 0 Å². The SMILES string of the molecule is C=C(CC(=S)C1CC2CCC1C2)CC(=S)C1CC2CCC1C2. The number of allylic oxidation sites excluding steroid dienone is 1. The average molecular weight is 333 g/mol. The molecule has 0 aliphatic heterocycles. The van der Waals surface area contributed by atoms with Gasteiger partial charge in [0.15, 0.2) is 0 Å². The molecule has 2 heteroatoms. The minimum absolute atomic E-state index is 0.724. The van der Waals surface area contributed by atoms with E-state index in [1.54, 1.807) is 0 Å². The van der Waals surface area contributed by atoms with E-state index >= 15 is 0 Å².